The van der Waals surface area contributed by atoms with Gasteiger partial charge in [-0.05, 0) is 49.7 Å². The molecule has 0 saturated heterocycles. The van der Waals surface area contributed by atoms with E-state index < -0.39 is 25.6 Å². The molecule has 0 bridgehead atoms. The fourth-order valence-corrected chi connectivity index (χ4v) is 5.56. The molecule has 11 heteroatoms. The van der Waals surface area contributed by atoms with Crippen molar-refractivity contribution in [1.82, 2.24) is 9.21 Å². The molecule has 1 unspecified atom stereocenters. The third-order valence-electron chi connectivity index (χ3n) is 4.16. The number of nitrogens with zero attached hydrogens (tertiary/aromatic N) is 3. The summed E-state index contributed by atoms with van der Waals surface area (Å²) in [6.07, 6.45) is 1.13. The van der Waals surface area contributed by atoms with Crippen LogP contribution in [0.15, 0.2) is 52.4 Å². The maximum atomic E-state index is 12.9. The SMILES string of the molecule is Cc1ccc(S(=O)(=O)N(C)C(N(C)C=Nc2ccc(Cl)cc2C)S(=O)(=O)O)cc1. The summed E-state index contributed by atoms with van der Waals surface area (Å²) in [7, 11) is -6.66. The molecule has 0 spiro atoms. The molecule has 0 heterocycles. The Labute approximate surface area is 176 Å². The van der Waals surface area contributed by atoms with Crippen LogP contribution in [0, 0.1) is 13.8 Å². The second kappa shape index (κ2) is 8.80. The summed E-state index contributed by atoms with van der Waals surface area (Å²) in [6, 6.07) is 10.9. The van der Waals surface area contributed by atoms with E-state index in [0.717, 1.165) is 29.4 Å². The molecule has 8 nitrogen and oxygen atoms in total. The Kier molecular flexibility index (Phi) is 7.07. The Morgan fingerprint density at radius 2 is 1.62 bits per heavy atom. The Balaban J connectivity index is 2.40. The number of sulfonamides is 1. The van der Waals surface area contributed by atoms with E-state index >= 15 is 0 Å². The van der Waals surface area contributed by atoms with Crippen LogP contribution in [0.2, 0.25) is 5.02 Å². The highest BCUT2D eigenvalue weighted by atomic mass is 35.5. The van der Waals surface area contributed by atoms with Crippen molar-refractivity contribution in [3.63, 3.8) is 0 Å². The van der Waals surface area contributed by atoms with Crippen molar-refractivity contribution in [2.75, 3.05) is 14.1 Å². The van der Waals surface area contributed by atoms with E-state index in [-0.39, 0.29) is 4.90 Å². The Morgan fingerprint density at radius 3 is 2.14 bits per heavy atom. The van der Waals surface area contributed by atoms with Gasteiger partial charge in [0.1, 0.15) is 0 Å². The largest absolute Gasteiger partial charge is 0.334 e. The molecule has 29 heavy (non-hydrogen) atoms. The van der Waals surface area contributed by atoms with E-state index in [1.165, 1.54) is 19.2 Å². The van der Waals surface area contributed by atoms with Crippen molar-refractivity contribution < 1.29 is 21.4 Å². The van der Waals surface area contributed by atoms with Gasteiger partial charge in [0.15, 0.2) is 0 Å². The lowest BCUT2D eigenvalue weighted by Gasteiger charge is -2.30. The molecule has 2 rings (SSSR count). The predicted molar refractivity (Wildman–Crippen MR) is 114 cm³/mol. The van der Waals surface area contributed by atoms with Crippen LogP contribution in [0.3, 0.4) is 0 Å². The highest BCUT2D eigenvalue weighted by molar-refractivity contribution is 7.91. The van der Waals surface area contributed by atoms with E-state index in [9.17, 15) is 21.4 Å². The van der Waals surface area contributed by atoms with Gasteiger partial charge in [0.05, 0.1) is 16.9 Å². The summed E-state index contributed by atoms with van der Waals surface area (Å²) >= 11 is 5.90. The first-order chi connectivity index (χ1) is 13.3. The van der Waals surface area contributed by atoms with Gasteiger partial charge in [-0.1, -0.05) is 29.3 Å². The van der Waals surface area contributed by atoms with E-state index in [2.05, 4.69) is 4.99 Å². The fraction of sp³-hybridized carbons (Fsp3) is 0.278. The van der Waals surface area contributed by atoms with Crippen molar-refractivity contribution in [2.24, 2.45) is 4.99 Å². The van der Waals surface area contributed by atoms with Crippen LogP contribution >= 0.6 is 11.6 Å². The van der Waals surface area contributed by atoms with Gasteiger partial charge in [0.25, 0.3) is 0 Å². The summed E-state index contributed by atoms with van der Waals surface area (Å²) < 4.78 is 60.0. The number of benzene rings is 2. The van der Waals surface area contributed by atoms with Crippen molar-refractivity contribution >= 4 is 43.8 Å². The minimum absolute atomic E-state index is 0.0989. The summed E-state index contributed by atoms with van der Waals surface area (Å²) in [4.78, 5) is 5.07. The zero-order chi connectivity index (χ0) is 22.0. The quantitative estimate of drug-likeness (QED) is 0.295. The first kappa shape index (κ1) is 23.3. The third kappa shape index (κ3) is 5.55. The van der Waals surface area contributed by atoms with Crippen molar-refractivity contribution in [3.05, 3.63) is 58.6 Å². The Bertz CT molecular complexity index is 1120. The maximum absolute atomic E-state index is 12.9. The topological polar surface area (TPSA) is 107 Å². The molecule has 0 aliphatic heterocycles. The summed E-state index contributed by atoms with van der Waals surface area (Å²) in [6.45, 7) is 3.57. The molecule has 1 N–H and O–H groups in total. The second-order valence-electron chi connectivity index (χ2n) is 6.52. The minimum Gasteiger partial charge on any atom is -0.334 e. The smallest absolute Gasteiger partial charge is 0.301 e. The fourth-order valence-electron chi connectivity index (χ4n) is 2.62. The molecule has 0 amide bonds. The second-order valence-corrected chi connectivity index (χ2v) is 10.4. The van der Waals surface area contributed by atoms with Gasteiger partial charge in [0.2, 0.25) is 15.5 Å². The van der Waals surface area contributed by atoms with Crippen LogP contribution in [-0.2, 0) is 20.1 Å². The monoisotopic (exact) mass is 459 g/mol. The summed E-state index contributed by atoms with van der Waals surface area (Å²) in [5, 5.41) is 0.523. The van der Waals surface area contributed by atoms with E-state index in [0.29, 0.717) is 15.0 Å². The number of rotatable bonds is 7. The number of aryl methyl sites for hydroxylation is 2. The number of aliphatic imine (C=N–C) groups is 1. The first-order valence-corrected chi connectivity index (χ1v) is 11.7. The summed E-state index contributed by atoms with van der Waals surface area (Å²) in [5.41, 5.74) is 0.191. The molecule has 0 aromatic heterocycles. The van der Waals surface area contributed by atoms with Crippen LogP contribution in [0.5, 0.6) is 0 Å². The predicted octanol–water partition coefficient (Wildman–Crippen LogP) is 3.04. The Hall–Kier alpha value is -1.98. The van der Waals surface area contributed by atoms with Gasteiger partial charge in [0, 0.05) is 19.1 Å². The normalized spacial score (nSPS) is 13.8. The van der Waals surface area contributed by atoms with Crippen LogP contribution in [-0.4, -0.2) is 56.5 Å². The molecule has 0 aliphatic carbocycles. The summed E-state index contributed by atoms with van der Waals surface area (Å²) in [5.74, 6) is 0. The standard InChI is InChI=1S/C18H22ClN3O5S2/c1-13-5-8-16(9-6-13)28(23,24)22(4)18(29(25,26)27)21(3)12-20-17-10-7-15(19)11-14(17)2/h5-12,18H,1-4H3,(H,25,26,27). The van der Waals surface area contributed by atoms with Crippen LogP contribution in [0.25, 0.3) is 0 Å². The molecule has 158 valence electrons. The average molecular weight is 460 g/mol. The number of halogens is 1. The molecular formula is C18H22ClN3O5S2. The third-order valence-corrected chi connectivity index (χ3v) is 7.54. The molecule has 2 aromatic rings. The van der Waals surface area contributed by atoms with Crippen LogP contribution in [0.4, 0.5) is 5.69 Å². The van der Waals surface area contributed by atoms with E-state index in [1.807, 2.05) is 0 Å². The zero-order valence-electron chi connectivity index (χ0n) is 16.3. The molecular weight excluding hydrogens is 438 g/mol. The molecule has 0 fully saturated rings. The van der Waals surface area contributed by atoms with Gasteiger partial charge in [-0.15, -0.1) is 0 Å². The first-order valence-electron chi connectivity index (χ1n) is 8.37. The molecule has 0 saturated carbocycles. The maximum Gasteiger partial charge on any atom is 0.301 e. The van der Waals surface area contributed by atoms with Gasteiger partial charge in [-0.2, -0.15) is 12.7 Å². The van der Waals surface area contributed by atoms with Crippen LogP contribution < -0.4 is 0 Å². The number of hydrogen-bond donors (Lipinski definition) is 1. The Morgan fingerprint density at radius 1 is 1.03 bits per heavy atom. The highest BCUT2D eigenvalue weighted by Crippen LogP contribution is 2.23. The van der Waals surface area contributed by atoms with Gasteiger partial charge < -0.3 is 4.90 Å². The lowest BCUT2D eigenvalue weighted by atomic mass is 10.2. The van der Waals surface area contributed by atoms with Crippen molar-refractivity contribution in [1.29, 1.82) is 0 Å². The van der Waals surface area contributed by atoms with Gasteiger partial charge in [-0.25, -0.2) is 13.4 Å². The average Bonchev–Trinajstić information content (AvgIpc) is 2.60. The zero-order valence-corrected chi connectivity index (χ0v) is 18.7. The minimum atomic E-state index is -4.82. The molecule has 0 aliphatic rings. The van der Waals surface area contributed by atoms with Crippen molar-refractivity contribution in [3.8, 4) is 0 Å². The number of hydrogen-bond acceptors (Lipinski definition) is 5. The van der Waals surface area contributed by atoms with Crippen molar-refractivity contribution in [2.45, 2.75) is 24.2 Å². The molecule has 0 radical (unpaired) electrons. The van der Waals surface area contributed by atoms with E-state index in [1.54, 1.807) is 44.2 Å². The van der Waals surface area contributed by atoms with E-state index in [4.69, 9.17) is 11.6 Å². The molecule has 1 atom stereocenters. The van der Waals surface area contributed by atoms with Gasteiger partial charge in [-0.3, -0.25) is 4.55 Å². The lowest BCUT2D eigenvalue weighted by molar-refractivity contribution is 0.280. The van der Waals surface area contributed by atoms with Crippen LogP contribution in [0.1, 0.15) is 11.1 Å². The lowest BCUT2D eigenvalue weighted by Crippen LogP contribution is -2.51. The molecule has 2 aromatic carbocycles. The highest BCUT2D eigenvalue weighted by Gasteiger charge is 2.38. The van der Waals surface area contributed by atoms with Gasteiger partial charge >= 0.3 is 10.1 Å².